The van der Waals surface area contributed by atoms with Crippen LogP contribution in [0.2, 0.25) is 0 Å². The van der Waals surface area contributed by atoms with Crippen molar-refractivity contribution < 1.29 is 9.59 Å². The fourth-order valence-electron chi connectivity index (χ4n) is 3.68. The van der Waals surface area contributed by atoms with E-state index >= 15 is 0 Å². The zero-order valence-corrected chi connectivity index (χ0v) is 13.7. The molecule has 0 N–H and O–H groups in total. The molecule has 0 radical (unpaired) electrons. The van der Waals surface area contributed by atoms with Gasteiger partial charge in [0.1, 0.15) is 0 Å². The van der Waals surface area contributed by atoms with Gasteiger partial charge in [-0.3, -0.25) is 9.59 Å². The Morgan fingerprint density at radius 2 is 1.96 bits per heavy atom. The highest BCUT2D eigenvalue weighted by Gasteiger charge is 2.27. The van der Waals surface area contributed by atoms with E-state index in [1.54, 1.807) is 4.90 Å². The molecule has 1 aromatic carbocycles. The molecule has 1 aromatic rings. The highest BCUT2D eigenvalue weighted by atomic mass is 16.2. The number of hydrogen-bond donors (Lipinski definition) is 0. The molecule has 124 valence electrons. The maximum Gasteiger partial charge on any atom is 0.242 e. The topological polar surface area (TPSA) is 40.6 Å². The second kappa shape index (κ2) is 7.62. The maximum absolute atomic E-state index is 12.5. The third-order valence-corrected chi connectivity index (χ3v) is 5.05. The largest absolute Gasteiger partial charge is 0.341 e. The van der Waals surface area contributed by atoms with Gasteiger partial charge in [-0.15, -0.1) is 0 Å². The number of likely N-dealkylation sites (tertiary alicyclic amines) is 2. The predicted molar refractivity (Wildman–Crippen MR) is 89.9 cm³/mol. The van der Waals surface area contributed by atoms with E-state index in [0.717, 1.165) is 45.3 Å². The standard InChI is InChI=1S/C19H26N2O2/c22-18-9-5-13-21(18)15-19(23)20-12-4-8-17(14-20)11-10-16-6-2-1-3-7-16/h1-3,6-7,17H,4-5,8-15H2/t17-/m0/s1. The SMILES string of the molecule is O=C1CCCN1CC(=O)N1CCC[C@@H](CCc2ccccc2)C1. The fourth-order valence-corrected chi connectivity index (χ4v) is 3.68. The van der Waals surface area contributed by atoms with Crippen LogP contribution in [0.1, 0.15) is 37.7 Å². The highest BCUT2D eigenvalue weighted by molar-refractivity contribution is 5.85. The van der Waals surface area contributed by atoms with E-state index < -0.39 is 0 Å². The van der Waals surface area contributed by atoms with Crippen molar-refractivity contribution in [2.24, 2.45) is 5.92 Å². The van der Waals surface area contributed by atoms with Crippen molar-refractivity contribution in [3.05, 3.63) is 35.9 Å². The molecular formula is C19H26N2O2. The first-order chi connectivity index (χ1) is 11.2. The van der Waals surface area contributed by atoms with Crippen LogP contribution in [0.5, 0.6) is 0 Å². The number of carbonyl (C=O) groups excluding carboxylic acids is 2. The summed E-state index contributed by atoms with van der Waals surface area (Å²) >= 11 is 0. The lowest BCUT2D eigenvalue weighted by molar-refractivity contribution is -0.139. The number of piperidine rings is 1. The summed E-state index contributed by atoms with van der Waals surface area (Å²) in [5.41, 5.74) is 1.37. The van der Waals surface area contributed by atoms with Gasteiger partial charge in [0.2, 0.25) is 11.8 Å². The number of carbonyl (C=O) groups is 2. The summed E-state index contributed by atoms with van der Waals surface area (Å²) in [6.45, 7) is 2.73. The minimum Gasteiger partial charge on any atom is -0.341 e. The minimum atomic E-state index is 0.129. The Balaban J connectivity index is 1.47. The summed E-state index contributed by atoms with van der Waals surface area (Å²) in [5.74, 6) is 0.850. The van der Waals surface area contributed by atoms with Gasteiger partial charge in [0.05, 0.1) is 6.54 Å². The average molecular weight is 314 g/mol. The van der Waals surface area contributed by atoms with Gasteiger partial charge in [0.25, 0.3) is 0 Å². The van der Waals surface area contributed by atoms with Gasteiger partial charge in [-0.25, -0.2) is 0 Å². The Bertz CT molecular complexity index is 544. The van der Waals surface area contributed by atoms with Crippen molar-refractivity contribution in [1.82, 2.24) is 9.80 Å². The lowest BCUT2D eigenvalue weighted by Gasteiger charge is -2.34. The molecule has 2 aliphatic heterocycles. The molecule has 2 amide bonds. The van der Waals surface area contributed by atoms with Crippen molar-refractivity contribution in [2.75, 3.05) is 26.2 Å². The number of benzene rings is 1. The summed E-state index contributed by atoms with van der Waals surface area (Å²) in [6.07, 6.45) is 6.01. The maximum atomic E-state index is 12.5. The van der Waals surface area contributed by atoms with Crippen molar-refractivity contribution >= 4 is 11.8 Å². The number of rotatable bonds is 5. The van der Waals surface area contributed by atoms with Crippen molar-refractivity contribution in [2.45, 2.75) is 38.5 Å². The van der Waals surface area contributed by atoms with Gasteiger partial charge in [0, 0.05) is 26.1 Å². The number of aryl methyl sites for hydroxylation is 1. The molecule has 1 atom stereocenters. The second-order valence-electron chi connectivity index (χ2n) is 6.79. The summed E-state index contributed by atoms with van der Waals surface area (Å²) in [5, 5.41) is 0. The quantitative estimate of drug-likeness (QED) is 0.838. The fraction of sp³-hybridized carbons (Fsp3) is 0.579. The highest BCUT2D eigenvalue weighted by Crippen LogP contribution is 2.22. The molecule has 2 aliphatic rings. The van der Waals surface area contributed by atoms with Crippen LogP contribution in [0, 0.1) is 5.92 Å². The van der Waals surface area contributed by atoms with Crippen LogP contribution in [0.3, 0.4) is 0 Å². The third kappa shape index (κ3) is 4.34. The molecule has 23 heavy (non-hydrogen) atoms. The molecule has 0 unspecified atom stereocenters. The first-order valence-corrected chi connectivity index (χ1v) is 8.82. The molecule has 0 aromatic heterocycles. The van der Waals surface area contributed by atoms with Crippen LogP contribution in [-0.4, -0.2) is 47.8 Å². The Labute approximate surface area is 138 Å². The Morgan fingerprint density at radius 1 is 1.13 bits per heavy atom. The van der Waals surface area contributed by atoms with Crippen molar-refractivity contribution in [1.29, 1.82) is 0 Å². The monoisotopic (exact) mass is 314 g/mol. The minimum absolute atomic E-state index is 0.129. The molecule has 2 fully saturated rings. The number of nitrogens with zero attached hydrogens (tertiary/aromatic N) is 2. The van der Waals surface area contributed by atoms with Crippen LogP contribution in [0.25, 0.3) is 0 Å². The number of hydrogen-bond acceptors (Lipinski definition) is 2. The Kier molecular flexibility index (Phi) is 5.31. The van der Waals surface area contributed by atoms with Crippen LogP contribution >= 0.6 is 0 Å². The van der Waals surface area contributed by atoms with Crippen LogP contribution in [-0.2, 0) is 16.0 Å². The lowest BCUT2D eigenvalue weighted by Crippen LogP contribution is -2.45. The number of amides is 2. The van der Waals surface area contributed by atoms with E-state index in [2.05, 4.69) is 24.3 Å². The molecule has 0 spiro atoms. The van der Waals surface area contributed by atoms with Gasteiger partial charge >= 0.3 is 0 Å². The first kappa shape index (κ1) is 16.0. The zero-order chi connectivity index (χ0) is 16.1. The van der Waals surface area contributed by atoms with Crippen LogP contribution in [0.15, 0.2) is 30.3 Å². The average Bonchev–Trinajstić information content (AvgIpc) is 2.99. The Morgan fingerprint density at radius 3 is 2.70 bits per heavy atom. The molecule has 0 saturated carbocycles. The van der Waals surface area contributed by atoms with E-state index in [9.17, 15) is 9.59 Å². The molecular weight excluding hydrogens is 288 g/mol. The first-order valence-electron chi connectivity index (χ1n) is 8.82. The molecule has 4 nitrogen and oxygen atoms in total. The summed E-state index contributed by atoms with van der Waals surface area (Å²) in [7, 11) is 0. The van der Waals surface area contributed by atoms with Crippen molar-refractivity contribution in [3.8, 4) is 0 Å². The molecule has 4 heteroatoms. The molecule has 3 rings (SSSR count). The zero-order valence-electron chi connectivity index (χ0n) is 13.7. The van der Waals surface area contributed by atoms with E-state index in [0.29, 0.717) is 12.3 Å². The van der Waals surface area contributed by atoms with Crippen LogP contribution in [0.4, 0.5) is 0 Å². The van der Waals surface area contributed by atoms with E-state index in [1.165, 1.54) is 12.0 Å². The van der Waals surface area contributed by atoms with Gasteiger partial charge < -0.3 is 9.80 Å². The lowest BCUT2D eigenvalue weighted by atomic mass is 9.91. The molecule has 0 aliphatic carbocycles. The Hall–Kier alpha value is -1.84. The van der Waals surface area contributed by atoms with E-state index in [4.69, 9.17) is 0 Å². The van der Waals surface area contributed by atoms with Gasteiger partial charge in [0.15, 0.2) is 0 Å². The molecule has 0 bridgehead atoms. The van der Waals surface area contributed by atoms with E-state index in [1.807, 2.05) is 11.0 Å². The van der Waals surface area contributed by atoms with Gasteiger partial charge in [-0.1, -0.05) is 30.3 Å². The second-order valence-corrected chi connectivity index (χ2v) is 6.79. The predicted octanol–water partition coefficient (Wildman–Crippen LogP) is 2.48. The molecule has 2 heterocycles. The van der Waals surface area contributed by atoms with Gasteiger partial charge in [-0.2, -0.15) is 0 Å². The normalized spacial score (nSPS) is 21.7. The van der Waals surface area contributed by atoms with Gasteiger partial charge in [-0.05, 0) is 43.6 Å². The summed E-state index contributed by atoms with van der Waals surface area (Å²) in [6, 6.07) is 10.6. The van der Waals surface area contributed by atoms with Crippen molar-refractivity contribution in [3.63, 3.8) is 0 Å². The third-order valence-electron chi connectivity index (χ3n) is 5.05. The summed E-state index contributed by atoms with van der Waals surface area (Å²) < 4.78 is 0. The van der Waals surface area contributed by atoms with Crippen LogP contribution < -0.4 is 0 Å². The molecule has 2 saturated heterocycles. The smallest absolute Gasteiger partial charge is 0.242 e. The van der Waals surface area contributed by atoms with E-state index in [-0.39, 0.29) is 18.4 Å². The summed E-state index contributed by atoms with van der Waals surface area (Å²) in [4.78, 5) is 27.8.